The summed E-state index contributed by atoms with van der Waals surface area (Å²) in [5.41, 5.74) is 8.26. The monoisotopic (exact) mass is 511 g/mol. The van der Waals surface area contributed by atoms with Gasteiger partial charge in [-0.05, 0) is 78.4 Å². The molecule has 0 heterocycles. The van der Waals surface area contributed by atoms with Crippen LogP contribution < -0.4 is 16.4 Å². The van der Waals surface area contributed by atoms with E-state index in [1.165, 1.54) is 6.07 Å². The fourth-order valence-electron chi connectivity index (χ4n) is 3.34. The number of hydrogen-bond donors (Lipinski definition) is 4. The van der Waals surface area contributed by atoms with Crippen LogP contribution in [0.15, 0.2) is 72.8 Å². The topological polar surface area (TPSA) is 122 Å². The number of anilines is 1. The average molecular weight is 512 g/mol. The van der Waals surface area contributed by atoms with Gasteiger partial charge in [0.25, 0.3) is 5.91 Å². The van der Waals surface area contributed by atoms with Crippen LogP contribution in [0.5, 0.6) is 0 Å². The lowest BCUT2D eigenvalue weighted by atomic mass is 10.1. The number of amides is 2. The number of nitrogens with one attached hydrogen (secondary N) is 2. The van der Waals surface area contributed by atoms with Gasteiger partial charge in [-0.25, -0.2) is 4.39 Å². The molecule has 3 aromatic carbocycles. The summed E-state index contributed by atoms with van der Waals surface area (Å²) < 4.78 is 13.7. The van der Waals surface area contributed by atoms with Crippen LogP contribution in [-0.4, -0.2) is 41.9 Å². The van der Waals surface area contributed by atoms with Crippen molar-refractivity contribution in [1.82, 2.24) is 5.32 Å². The molecule has 0 aliphatic heterocycles. The summed E-state index contributed by atoms with van der Waals surface area (Å²) >= 11 is 0. The molecule has 0 spiro atoms. The summed E-state index contributed by atoms with van der Waals surface area (Å²) in [5.74, 6) is 9.73. The molecule has 1 atom stereocenters. The zero-order valence-corrected chi connectivity index (χ0v) is 20.5. The number of ketones is 1. The van der Waals surface area contributed by atoms with Crippen molar-refractivity contribution in [2.45, 2.75) is 18.9 Å². The number of aliphatic hydroxyl groups excluding tert-OH is 1. The Morgan fingerprint density at radius 1 is 0.895 bits per heavy atom. The minimum Gasteiger partial charge on any atom is -0.388 e. The van der Waals surface area contributed by atoms with Crippen molar-refractivity contribution in [3.8, 4) is 23.7 Å². The SMILES string of the molecule is NC[C@H](NC(=O)c1ccc(C#CC#Cc2ccc(NC(=O)CCc3ccccc3F)cc2)cc1)C(=O)CO. The summed E-state index contributed by atoms with van der Waals surface area (Å²) in [5, 5.41) is 14.2. The Bertz CT molecular complexity index is 1410. The number of halogens is 1. The number of aliphatic hydroxyl groups is 1. The van der Waals surface area contributed by atoms with Gasteiger partial charge >= 0.3 is 0 Å². The van der Waals surface area contributed by atoms with Gasteiger partial charge in [0, 0.05) is 35.3 Å². The van der Waals surface area contributed by atoms with Gasteiger partial charge in [-0.1, -0.05) is 30.0 Å². The van der Waals surface area contributed by atoms with E-state index in [0.29, 0.717) is 34.4 Å². The number of Topliss-reactive ketones (excluding diaryl/α,β-unsaturated/α-hetero) is 1. The highest BCUT2D eigenvalue weighted by atomic mass is 19.1. The number of nitrogens with two attached hydrogens (primary N) is 1. The maximum Gasteiger partial charge on any atom is 0.251 e. The first-order chi connectivity index (χ1) is 18.4. The first kappa shape index (κ1) is 27.8. The van der Waals surface area contributed by atoms with Crippen LogP contribution in [0.1, 0.15) is 33.5 Å². The van der Waals surface area contributed by atoms with E-state index in [2.05, 4.69) is 34.3 Å². The van der Waals surface area contributed by atoms with Gasteiger partial charge in [0.1, 0.15) is 18.5 Å². The van der Waals surface area contributed by atoms with Crippen molar-refractivity contribution in [3.63, 3.8) is 0 Å². The van der Waals surface area contributed by atoms with Gasteiger partial charge in [-0.15, -0.1) is 0 Å². The van der Waals surface area contributed by atoms with Crippen molar-refractivity contribution < 1.29 is 23.9 Å². The van der Waals surface area contributed by atoms with E-state index in [4.69, 9.17) is 10.8 Å². The Morgan fingerprint density at radius 3 is 2.08 bits per heavy atom. The van der Waals surface area contributed by atoms with Crippen molar-refractivity contribution in [2.24, 2.45) is 5.73 Å². The van der Waals surface area contributed by atoms with E-state index < -0.39 is 24.3 Å². The molecule has 0 aromatic heterocycles. The van der Waals surface area contributed by atoms with Crippen LogP contribution in [-0.2, 0) is 16.0 Å². The molecule has 8 heteroatoms. The largest absolute Gasteiger partial charge is 0.388 e. The molecule has 0 saturated heterocycles. The predicted octanol–water partition coefficient (Wildman–Crippen LogP) is 2.42. The summed E-state index contributed by atoms with van der Waals surface area (Å²) in [6, 6.07) is 18.8. The van der Waals surface area contributed by atoms with Gasteiger partial charge in [-0.3, -0.25) is 14.4 Å². The number of rotatable bonds is 9. The molecule has 38 heavy (non-hydrogen) atoms. The second kappa shape index (κ2) is 14.1. The molecule has 0 fully saturated rings. The Kier molecular flexibility index (Phi) is 10.3. The molecule has 3 rings (SSSR count). The number of carbonyl (C=O) groups is 3. The van der Waals surface area contributed by atoms with Crippen LogP contribution in [0.25, 0.3) is 0 Å². The summed E-state index contributed by atoms with van der Waals surface area (Å²) in [7, 11) is 0. The number of benzene rings is 3. The zero-order valence-electron chi connectivity index (χ0n) is 20.5. The second-order valence-corrected chi connectivity index (χ2v) is 8.18. The van der Waals surface area contributed by atoms with Gasteiger partial charge < -0.3 is 21.5 Å². The third-order valence-corrected chi connectivity index (χ3v) is 5.46. The third kappa shape index (κ3) is 8.42. The molecule has 0 unspecified atom stereocenters. The lowest BCUT2D eigenvalue weighted by Crippen LogP contribution is -2.46. The molecule has 0 radical (unpaired) electrons. The molecule has 0 bridgehead atoms. The highest BCUT2D eigenvalue weighted by Crippen LogP contribution is 2.12. The standard InChI is InChI=1S/C30H26FN3O4/c31-26-8-4-3-7-23(26)15-18-29(37)33-25-16-11-22(12-17-25)6-2-1-5-21-9-13-24(14-10-21)30(38)34-27(19-32)28(36)20-35/h3-4,7-14,16-17,27,35H,15,18-20,32H2,(H,33,37)(H,34,38)/t27-/m0/s1. The molecule has 192 valence electrons. The highest BCUT2D eigenvalue weighted by Gasteiger charge is 2.18. The second-order valence-electron chi connectivity index (χ2n) is 8.18. The van der Waals surface area contributed by atoms with Crippen molar-refractivity contribution in [1.29, 1.82) is 0 Å². The molecule has 0 saturated carbocycles. The van der Waals surface area contributed by atoms with Gasteiger partial charge in [0.05, 0.1) is 0 Å². The van der Waals surface area contributed by atoms with Crippen molar-refractivity contribution >= 4 is 23.3 Å². The molecule has 7 nitrogen and oxygen atoms in total. The third-order valence-electron chi connectivity index (χ3n) is 5.46. The molecule has 0 aliphatic carbocycles. The Balaban J connectivity index is 1.50. The number of aryl methyl sites for hydroxylation is 1. The van der Waals surface area contributed by atoms with Crippen molar-refractivity contribution in [3.05, 3.63) is 101 Å². The lowest BCUT2D eigenvalue weighted by Gasteiger charge is -2.14. The first-order valence-corrected chi connectivity index (χ1v) is 11.8. The first-order valence-electron chi connectivity index (χ1n) is 11.8. The normalized spacial score (nSPS) is 10.7. The van der Waals surface area contributed by atoms with Crippen LogP contribution in [0.4, 0.5) is 10.1 Å². The van der Waals surface area contributed by atoms with Gasteiger partial charge in [0.2, 0.25) is 5.91 Å². The highest BCUT2D eigenvalue weighted by molar-refractivity contribution is 5.98. The van der Waals surface area contributed by atoms with Gasteiger partial charge in [0.15, 0.2) is 5.78 Å². The maximum atomic E-state index is 13.7. The van der Waals surface area contributed by atoms with E-state index in [9.17, 15) is 18.8 Å². The molecule has 0 aliphatic rings. The maximum absolute atomic E-state index is 13.7. The average Bonchev–Trinajstić information content (AvgIpc) is 2.94. The molecular weight excluding hydrogens is 485 g/mol. The molecule has 5 N–H and O–H groups in total. The molecule has 2 amide bonds. The van der Waals surface area contributed by atoms with Crippen LogP contribution in [0.2, 0.25) is 0 Å². The minimum absolute atomic E-state index is 0.109. The quantitative estimate of drug-likeness (QED) is 0.329. The zero-order chi connectivity index (χ0) is 27.3. The molecule has 3 aromatic rings. The van der Waals surface area contributed by atoms with Gasteiger partial charge in [-0.2, -0.15) is 0 Å². The van der Waals surface area contributed by atoms with E-state index in [1.807, 2.05) is 0 Å². The Hall–Kier alpha value is -4.76. The van der Waals surface area contributed by atoms with Crippen molar-refractivity contribution in [2.75, 3.05) is 18.5 Å². The summed E-state index contributed by atoms with van der Waals surface area (Å²) in [6.45, 7) is -0.807. The smallest absolute Gasteiger partial charge is 0.251 e. The van der Waals surface area contributed by atoms with E-state index >= 15 is 0 Å². The summed E-state index contributed by atoms with van der Waals surface area (Å²) in [4.78, 5) is 36.0. The minimum atomic E-state index is -0.946. The van der Waals surface area contributed by atoms with E-state index in [1.54, 1.807) is 66.7 Å². The number of carbonyl (C=O) groups excluding carboxylic acids is 3. The van der Waals surface area contributed by atoms with Crippen LogP contribution >= 0.6 is 0 Å². The number of hydrogen-bond acceptors (Lipinski definition) is 5. The van der Waals surface area contributed by atoms with E-state index in [-0.39, 0.29) is 24.7 Å². The fourth-order valence-corrected chi connectivity index (χ4v) is 3.34. The summed E-state index contributed by atoms with van der Waals surface area (Å²) in [6.07, 6.45) is 0.485. The van der Waals surface area contributed by atoms with Crippen LogP contribution in [0.3, 0.4) is 0 Å². The Labute approximate surface area is 220 Å². The fraction of sp³-hybridized carbons (Fsp3) is 0.167. The predicted molar refractivity (Wildman–Crippen MR) is 142 cm³/mol. The van der Waals surface area contributed by atoms with Crippen LogP contribution in [0, 0.1) is 29.5 Å². The molecular formula is C30H26FN3O4. The Morgan fingerprint density at radius 2 is 1.50 bits per heavy atom. The lowest BCUT2D eigenvalue weighted by molar-refractivity contribution is -0.123. The van der Waals surface area contributed by atoms with E-state index in [0.717, 1.165) is 0 Å².